The molecule has 6 nitrogen and oxygen atoms in total. The normalized spacial score (nSPS) is 11.9. The van der Waals surface area contributed by atoms with Gasteiger partial charge in [0.1, 0.15) is 11.0 Å². The third-order valence-electron chi connectivity index (χ3n) is 4.09. The van der Waals surface area contributed by atoms with Gasteiger partial charge >= 0.3 is 6.18 Å². The molecular formula is C18H11ClF4N6. The number of aryl methyl sites for hydroxylation is 1. The standard InChI is InChI=1S/C18H11ClF4N6/c1-8-6-10(7-12(19)25-8)13-14(9-2-4-11(20)5-3-9)26-17(24)29-15(13)27-16(28-29)18(21,22)23/h2-7H,1H3,(H2,24,26). The van der Waals surface area contributed by atoms with Crippen molar-refractivity contribution in [2.24, 2.45) is 0 Å². The fourth-order valence-electron chi connectivity index (χ4n) is 2.93. The zero-order valence-corrected chi connectivity index (χ0v) is 15.4. The molecule has 0 aliphatic heterocycles. The quantitative estimate of drug-likeness (QED) is 0.378. The molecule has 0 amide bonds. The molecule has 0 aliphatic rings. The van der Waals surface area contributed by atoms with Gasteiger partial charge in [-0.15, -0.1) is 5.10 Å². The minimum atomic E-state index is -4.78. The summed E-state index contributed by atoms with van der Waals surface area (Å²) >= 11 is 6.05. The number of hydrogen-bond donors (Lipinski definition) is 1. The van der Waals surface area contributed by atoms with E-state index < -0.39 is 17.8 Å². The van der Waals surface area contributed by atoms with Crippen molar-refractivity contribution in [1.29, 1.82) is 0 Å². The van der Waals surface area contributed by atoms with E-state index in [-0.39, 0.29) is 28.0 Å². The van der Waals surface area contributed by atoms with Gasteiger partial charge in [0, 0.05) is 11.3 Å². The Bertz CT molecular complexity index is 1210. The van der Waals surface area contributed by atoms with Gasteiger partial charge in [-0.2, -0.15) is 17.7 Å². The number of aromatic nitrogens is 5. The lowest BCUT2D eigenvalue weighted by atomic mass is 10.00. The number of nitrogens with zero attached hydrogens (tertiary/aromatic N) is 5. The molecule has 0 atom stereocenters. The van der Waals surface area contributed by atoms with Crippen LogP contribution in [0.25, 0.3) is 28.0 Å². The minimum Gasteiger partial charge on any atom is -0.368 e. The van der Waals surface area contributed by atoms with Gasteiger partial charge in [0.2, 0.25) is 5.95 Å². The van der Waals surface area contributed by atoms with Crippen molar-refractivity contribution in [3.05, 3.63) is 58.9 Å². The van der Waals surface area contributed by atoms with E-state index in [1.54, 1.807) is 13.0 Å². The van der Waals surface area contributed by atoms with Crippen LogP contribution >= 0.6 is 11.6 Å². The summed E-state index contributed by atoms with van der Waals surface area (Å²) in [5, 5.41) is 3.58. The molecule has 2 N–H and O–H groups in total. The number of nitrogen functional groups attached to an aromatic ring is 1. The maximum absolute atomic E-state index is 13.4. The van der Waals surface area contributed by atoms with Crippen LogP contribution in [0, 0.1) is 12.7 Å². The summed E-state index contributed by atoms with van der Waals surface area (Å²) in [6, 6.07) is 8.38. The van der Waals surface area contributed by atoms with Gasteiger partial charge in [-0.25, -0.2) is 19.3 Å². The minimum absolute atomic E-state index is 0.135. The Labute approximate surface area is 166 Å². The van der Waals surface area contributed by atoms with E-state index in [0.717, 1.165) is 4.52 Å². The van der Waals surface area contributed by atoms with Crippen molar-refractivity contribution in [3.63, 3.8) is 0 Å². The summed E-state index contributed by atoms with van der Waals surface area (Å²) in [6.45, 7) is 1.68. The molecule has 148 valence electrons. The largest absolute Gasteiger partial charge is 0.453 e. The molecule has 11 heteroatoms. The summed E-state index contributed by atoms with van der Waals surface area (Å²) in [7, 11) is 0. The number of halogens is 5. The number of alkyl halides is 3. The van der Waals surface area contributed by atoms with E-state index in [2.05, 4.69) is 20.1 Å². The second-order valence-electron chi connectivity index (χ2n) is 6.19. The first kappa shape index (κ1) is 19.1. The Morgan fingerprint density at radius 1 is 1.00 bits per heavy atom. The first-order chi connectivity index (χ1) is 13.6. The molecule has 3 heterocycles. The van der Waals surface area contributed by atoms with Crippen molar-refractivity contribution in [2.45, 2.75) is 13.1 Å². The summed E-state index contributed by atoms with van der Waals surface area (Å²) in [5.74, 6) is -2.14. The van der Waals surface area contributed by atoms with Crippen LogP contribution in [0.2, 0.25) is 5.15 Å². The molecule has 0 bridgehead atoms. The highest BCUT2D eigenvalue weighted by Crippen LogP contribution is 2.37. The fraction of sp³-hybridized carbons (Fsp3) is 0.111. The van der Waals surface area contributed by atoms with Crippen LogP contribution in [0.4, 0.5) is 23.5 Å². The Hall–Kier alpha value is -3.27. The topological polar surface area (TPSA) is 82.0 Å². The Kier molecular flexibility index (Phi) is 4.38. The van der Waals surface area contributed by atoms with E-state index in [9.17, 15) is 17.6 Å². The second-order valence-corrected chi connectivity index (χ2v) is 6.58. The van der Waals surface area contributed by atoms with Crippen LogP contribution in [0.15, 0.2) is 36.4 Å². The molecule has 0 saturated heterocycles. The lowest BCUT2D eigenvalue weighted by Gasteiger charge is -2.12. The van der Waals surface area contributed by atoms with Crippen LogP contribution in [-0.4, -0.2) is 24.6 Å². The third kappa shape index (κ3) is 3.46. The van der Waals surface area contributed by atoms with E-state index in [1.165, 1.54) is 30.3 Å². The molecule has 4 rings (SSSR count). The van der Waals surface area contributed by atoms with Crippen molar-refractivity contribution < 1.29 is 17.6 Å². The highest BCUT2D eigenvalue weighted by atomic mass is 35.5. The Balaban J connectivity index is 2.12. The molecular weight excluding hydrogens is 412 g/mol. The maximum atomic E-state index is 13.4. The van der Waals surface area contributed by atoms with Gasteiger partial charge < -0.3 is 5.73 Å². The lowest BCUT2D eigenvalue weighted by molar-refractivity contribution is -0.144. The van der Waals surface area contributed by atoms with Crippen LogP contribution < -0.4 is 5.73 Å². The summed E-state index contributed by atoms with van der Waals surface area (Å²) in [4.78, 5) is 11.9. The highest BCUT2D eigenvalue weighted by molar-refractivity contribution is 6.29. The average molecular weight is 423 g/mol. The van der Waals surface area contributed by atoms with Gasteiger partial charge in [0.05, 0.1) is 11.3 Å². The van der Waals surface area contributed by atoms with Crippen molar-refractivity contribution in [1.82, 2.24) is 24.6 Å². The monoisotopic (exact) mass is 422 g/mol. The van der Waals surface area contributed by atoms with Gasteiger partial charge in [-0.1, -0.05) is 11.6 Å². The smallest absolute Gasteiger partial charge is 0.368 e. The maximum Gasteiger partial charge on any atom is 0.453 e. The zero-order valence-electron chi connectivity index (χ0n) is 14.7. The van der Waals surface area contributed by atoms with Gasteiger partial charge in [0.25, 0.3) is 5.82 Å². The molecule has 29 heavy (non-hydrogen) atoms. The molecule has 0 unspecified atom stereocenters. The number of pyridine rings is 1. The van der Waals surface area contributed by atoms with Gasteiger partial charge in [-0.05, 0) is 48.9 Å². The summed E-state index contributed by atoms with van der Waals surface area (Å²) in [5.41, 5.74) is 7.49. The van der Waals surface area contributed by atoms with E-state index in [1.807, 2.05) is 0 Å². The van der Waals surface area contributed by atoms with Crippen molar-refractivity contribution >= 4 is 23.2 Å². The number of hydrogen-bond acceptors (Lipinski definition) is 5. The van der Waals surface area contributed by atoms with Crippen LogP contribution in [-0.2, 0) is 6.18 Å². The Morgan fingerprint density at radius 3 is 2.31 bits per heavy atom. The molecule has 0 spiro atoms. The number of fused-ring (bicyclic) bond motifs is 1. The third-order valence-corrected chi connectivity index (χ3v) is 4.29. The number of anilines is 1. The fourth-order valence-corrected chi connectivity index (χ4v) is 3.18. The summed E-state index contributed by atoms with van der Waals surface area (Å²) < 4.78 is 53.8. The van der Waals surface area contributed by atoms with Crippen molar-refractivity contribution in [3.8, 4) is 22.4 Å². The SMILES string of the molecule is Cc1cc(-c2c(-c3ccc(F)cc3)nc(N)n3nc(C(F)(F)F)nc23)cc(Cl)n1. The zero-order chi connectivity index (χ0) is 20.9. The molecule has 0 fully saturated rings. The first-order valence-electron chi connectivity index (χ1n) is 8.17. The predicted octanol–water partition coefficient (Wildman–Crippen LogP) is 4.56. The molecule has 0 aliphatic carbocycles. The first-order valence-corrected chi connectivity index (χ1v) is 8.55. The van der Waals surface area contributed by atoms with Crippen LogP contribution in [0.3, 0.4) is 0 Å². The van der Waals surface area contributed by atoms with Gasteiger partial charge in [-0.3, -0.25) is 0 Å². The van der Waals surface area contributed by atoms with Crippen LogP contribution in [0.1, 0.15) is 11.5 Å². The lowest BCUT2D eigenvalue weighted by Crippen LogP contribution is -2.09. The average Bonchev–Trinajstić information content (AvgIpc) is 3.07. The van der Waals surface area contributed by atoms with Crippen molar-refractivity contribution in [2.75, 3.05) is 5.73 Å². The summed E-state index contributed by atoms with van der Waals surface area (Å²) in [6.07, 6.45) is -4.78. The second kappa shape index (κ2) is 6.66. The number of rotatable bonds is 2. The molecule has 3 aromatic heterocycles. The predicted molar refractivity (Wildman–Crippen MR) is 98.6 cm³/mol. The van der Waals surface area contributed by atoms with E-state index in [0.29, 0.717) is 16.8 Å². The van der Waals surface area contributed by atoms with Gasteiger partial charge in [0.15, 0.2) is 5.65 Å². The van der Waals surface area contributed by atoms with E-state index >= 15 is 0 Å². The highest BCUT2D eigenvalue weighted by Gasteiger charge is 2.37. The molecule has 4 aromatic rings. The van der Waals surface area contributed by atoms with E-state index in [4.69, 9.17) is 17.3 Å². The van der Waals surface area contributed by atoms with Crippen LogP contribution in [0.5, 0.6) is 0 Å². The number of nitrogens with two attached hydrogens (primary N) is 1. The Morgan fingerprint density at radius 2 is 1.69 bits per heavy atom. The molecule has 0 radical (unpaired) electrons. The molecule has 1 aromatic carbocycles. The molecule has 0 saturated carbocycles. The number of benzene rings is 1.